The Bertz CT molecular complexity index is 613. The van der Waals surface area contributed by atoms with Crippen LogP contribution in [0.15, 0.2) is 29.2 Å². The van der Waals surface area contributed by atoms with Gasteiger partial charge in [0.25, 0.3) is 0 Å². The fourth-order valence-electron chi connectivity index (χ4n) is 2.01. The minimum atomic E-state index is -3.53. The van der Waals surface area contributed by atoms with Crippen LogP contribution in [0.5, 0.6) is 0 Å². The zero-order valence-electron chi connectivity index (χ0n) is 11.0. The lowest BCUT2D eigenvalue weighted by molar-refractivity contribution is 0.189. The molecule has 5 nitrogen and oxygen atoms in total. The molecule has 0 radical (unpaired) electrons. The Morgan fingerprint density at radius 1 is 1.30 bits per heavy atom. The van der Waals surface area contributed by atoms with Gasteiger partial charge in [-0.05, 0) is 30.7 Å². The van der Waals surface area contributed by atoms with Crippen LogP contribution in [0.2, 0.25) is 0 Å². The Morgan fingerprint density at radius 2 is 2.00 bits per heavy atom. The molecule has 2 rings (SSSR count). The van der Waals surface area contributed by atoms with Gasteiger partial charge in [0.2, 0.25) is 10.0 Å². The third-order valence-electron chi connectivity index (χ3n) is 3.09. The molecule has 1 saturated heterocycles. The second kappa shape index (κ2) is 6.37. The SMILES string of the molecule is O=S(=O)(c1ccc(C#CCCO)cc1)N1CCC(O)C1. The summed E-state index contributed by atoms with van der Waals surface area (Å²) in [5.41, 5.74) is 0.707. The topological polar surface area (TPSA) is 77.8 Å². The van der Waals surface area contributed by atoms with Crippen molar-refractivity contribution in [3.63, 3.8) is 0 Å². The molecule has 0 amide bonds. The van der Waals surface area contributed by atoms with Crippen molar-refractivity contribution in [1.82, 2.24) is 4.31 Å². The summed E-state index contributed by atoms with van der Waals surface area (Å²) in [5, 5.41) is 18.1. The summed E-state index contributed by atoms with van der Waals surface area (Å²) >= 11 is 0. The fraction of sp³-hybridized carbons (Fsp3) is 0.429. The van der Waals surface area contributed by atoms with Gasteiger partial charge in [0.1, 0.15) is 0 Å². The Morgan fingerprint density at radius 3 is 2.55 bits per heavy atom. The van der Waals surface area contributed by atoms with Crippen LogP contribution in [-0.4, -0.2) is 48.7 Å². The van der Waals surface area contributed by atoms with Crippen LogP contribution in [0, 0.1) is 11.8 Å². The van der Waals surface area contributed by atoms with E-state index in [0.717, 1.165) is 0 Å². The molecule has 0 aliphatic carbocycles. The summed E-state index contributed by atoms with van der Waals surface area (Å²) in [7, 11) is -3.53. The quantitative estimate of drug-likeness (QED) is 0.780. The summed E-state index contributed by atoms with van der Waals surface area (Å²) in [4.78, 5) is 0.208. The van der Waals surface area contributed by atoms with E-state index in [9.17, 15) is 13.5 Å². The highest BCUT2D eigenvalue weighted by atomic mass is 32.2. The van der Waals surface area contributed by atoms with Gasteiger partial charge in [0.05, 0.1) is 17.6 Å². The molecule has 0 aromatic heterocycles. The monoisotopic (exact) mass is 295 g/mol. The van der Waals surface area contributed by atoms with E-state index in [1.807, 2.05) is 0 Å². The predicted octanol–water partition coefficient (Wildman–Crippen LogP) is 0.176. The molecule has 1 heterocycles. The first-order valence-electron chi connectivity index (χ1n) is 6.42. The van der Waals surface area contributed by atoms with Crippen LogP contribution in [0.1, 0.15) is 18.4 Å². The van der Waals surface area contributed by atoms with E-state index >= 15 is 0 Å². The number of nitrogens with zero attached hydrogens (tertiary/aromatic N) is 1. The molecule has 1 fully saturated rings. The molecule has 1 unspecified atom stereocenters. The minimum absolute atomic E-state index is 0.0107. The molecule has 6 heteroatoms. The van der Waals surface area contributed by atoms with E-state index in [-0.39, 0.29) is 18.0 Å². The van der Waals surface area contributed by atoms with Crippen LogP contribution >= 0.6 is 0 Å². The molecule has 20 heavy (non-hydrogen) atoms. The number of hydrogen-bond acceptors (Lipinski definition) is 4. The maximum Gasteiger partial charge on any atom is 0.243 e. The van der Waals surface area contributed by atoms with Crippen molar-refractivity contribution in [2.45, 2.75) is 23.8 Å². The van der Waals surface area contributed by atoms with Gasteiger partial charge in [-0.15, -0.1) is 0 Å². The summed E-state index contributed by atoms with van der Waals surface area (Å²) in [6.07, 6.45) is 0.295. The second-order valence-corrected chi connectivity index (χ2v) is 6.54. The lowest BCUT2D eigenvalue weighted by Crippen LogP contribution is -2.29. The summed E-state index contributed by atoms with van der Waals surface area (Å²) in [6, 6.07) is 6.32. The average molecular weight is 295 g/mol. The highest BCUT2D eigenvalue weighted by molar-refractivity contribution is 7.89. The molecule has 2 N–H and O–H groups in total. The zero-order valence-corrected chi connectivity index (χ0v) is 11.8. The average Bonchev–Trinajstić information content (AvgIpc) is 2.87. The third kappa shape index (κ3) is 3.38. The molecule has 1 atom stereocenters. The van der Waals surface area contributed by atoms with Crippen LogP contribution < -0.4 is 0 Å². The molecule has 0 bridgehead atoms. The van der Waals surface area contributed by atoms with Crippen molar-refractivity contribution in [2.75, 3.05) is 19.7 Å². The highest BCUT2D eigenvalue weighted by Crippen LogP contribution is 2.21. The van der Waals surface area contributed by atoms with E-state index in [2.05, 4.69) is 11.8 Å². The molecule has 108 valence electrons. The summed E-state index contributed by atoms with van der Waals surface area (Å²) in [5.74, 6) is 5.62. The lowest BCUT2D eigenvalue weighted by Gasteiger charge is -2.15. The number of aliphatic hydroxyl groups excluding tert-OH is 2. The van der Waals surface area contributed by atoms with Crippen molar-refractivity contribution in [2.24, 2.45) is 0 Å². The van der Waals surface area contributed by atoms with Gasteiger partial charge < -0.3 is 10.2 Å². The van der Waals surface area contributed by atoms with Crippen LogP contribution in [0.3, 0.4) is 0 Å². The summed E-state index contributed by atoms with van der Waals surface area (Å²) in [6.45, 7) is 0.513. The smallest absolute Gasteiger partial charge is 0.243 e. The standard InChI is InChI=1S/C14H17NO4S/c16-10-2-1-3-12-4-6-14(7-5-12)20(18,19)15-9-8-13(17)11-15/h4-7,13,16-17H,2,8-11H2. The van der Waals surface area contributed by atoms with E-state index in [0.29, 0.717) is 24.9 Å². The van der Waals surface area contributed by atoms with Crippen molar-refractivity contribution < 1.29 is 18.6 Å². The van der Waals surface area contributed by atoms with Crippen molar-refractivity contribution in [3.8, 4) is 11.8 Å². The summed E-state index contributed by atoms with van der Waals surface area (Å²) < 4.78 is 25.9. The van der Waals surface area contributed by atoms with E-state index in [1.54, 1.807) is 12.1 Å². The van der Waals surface area contributed by atoms with Crippen LogP contribution in [-0.2, 0) is 10.0 Å². The second-order valence-electron chi connectivity index (χ2n) is 4.61. The number of rotatable bonds is 3. The highest BCUT2D eigenvalue weighted by Gasteiger charge is 2.31. The number of β-amino-alcohol motifs (C(OH)–C–C–N with tert-alkyl or cyclic N) is 1. The fourth-order valence-corrected chi connectivity index (χ4v) is 3.50. The van der Waals surface area contributed by atoms with Gasteiger partial charge >= 0.3 is 0 Å². The van der Waals surface area contributed by atoms with E-state index in [1.165, 1.54) is 16.4 Å². The number of sulfonamides is 1. The van der Waals surface area contributed by atoms with E-state index < -0.39 is 16.1 Å². The number of benzene rings is 1. The third-order valence-corrected chi connectivity index (χ3v) is 4.97. The molecular weight excluding hydrogens is 278 g/mol. The van der Waals surface area contributed by atoms with Gasteiger partial charge in [0, 0.05) is 25.1 Å². The normalized spacial score (nSPS) is 19.6. The zero-order chi connectivity index (χ0) is 14.6. The van der Waals surface area contributed by atoms with Crippen molar-refractivity contribution in [3.05, 3.63) is 29.8 Å². The predicted molar refractivity (Wildman–Crippen MR) is 74.4 cm³/mol. The Balaban J connectivity index is 2.15. The Kier molecular flexibility index (Phi) is 4.78. The molecule has 0 spiro atoms. The molecule has 0 saturated carbocycles. The van der Waals surface area contributed by atoms with Crippen LogP contribution in [0.4, 0.5) is 0 Å². The Hall–Kier alpha value is -1.39. The largest absolute Gasteiger partial charge is 0.395 e. The van der Waals surface area contributed by atoms with Gasteiger partial charge in [-0.1, -0.05) is 11.8 Å². The number of aliphatic hydroxyl groups is 2. The lowest BCUT2D eigenvalue weighted by atomic mass is 10.2. The number of hydrogen-bond donors (Lipinski definition) is 2. The van der Waals surface area contributed by atoms with Gasteiger partial charge in [-0.25, -0.2) is 8.42 Å². The molecule has 1 aliphatic heterocycles. The van der Waals surface area contributed by atoms with Crippen molar-refractivity contribution in [1.29, 1.82) is 0 Å². The maximum absolute atomic E-state index is 12.3. The molecule has 1 aromatic carbocycles. The first kappa shape index (κ1) is 15.0. The first-order valence-corrected chi connectivity index (χ1v) is 7.86. The maximum atomic E-state index is 12.3. The van der Waals surface area contributed by atoms with E-state index in [4.69, 9.17) is 5.11 Å². The first-order chi connectivity index (χ1) is 9.54. The molecule has 1 aromatic rings. The van der Waals surface area contributed by atoms with Gasteiger partial charge in [-0.3, -0.25) is 0 Å². The van der Waals surface area contributed by atoms with Gasteiger partial charge in [-0.2, -0.15) is 4.31 Å². The van der Waals surface area contributed by atoms with Crippen LogP contribution in [0.25, 0.3) is 0 Å². The minimum Gasteiger partial charge on any atom is -0.395 e. The van der Waals surface area contributed by atoms with Gasteiger partial charge in [0.15, 0.2) is 0 Å². The molecule has 1 aliphatic rings. The molecular formula is C14H17NO4S. The van der Waals surface area contributed by atoms with Crippen molar-refractivity contribution >= 4 is 10.0 Å². The Labute approximate surface area is 118 Å².